The second kappa shape index (κ2) is 8.72. The summed E-state index contributed by atoms with van der Waals surface area (Å²) in [7, 11) is 0. The molecule has 0 aliphatic rings. The minimum atomic E-state index is 0.584. The van der Waals surface area contributed by atoms with Gasteiger partial charge in [-0.2, -0.15) is 4.98 Å². The maximum absolute atomic E-state index is 6.33. The largest absolute Gasteiger partial charge is 0.423 e. The van der Waals surface area contributed by atoms with E-state index in [2.05, 4.69) is 155 Å². The molecule has 4 heterocycles. The van der Waals surface area contributed by atoms with Gasteiger partial charge in [0.2, 0.25) is 0 Å². The Bertz CT molecular complexity index is 2610. The fourth-order valence-corrected chi connectivity index (χ4v) is 6.95. The van der Waals surface area contributed by atoms with E-state index >= 15 is 0 Å². The van der Waals surface area contributed by atoms with Crippen LogP contribution in [0.2, 0.25) is 0 Å². The summed E-state index contributed by atoms with van der Waals surface area (Å²) in [6.07, 6.45) is 2.07. The Morgan fingerprint density at radius 3 is 1.48 bits per heavy atom. The molecule has 0 spiro atoms. The molecule has 44 heavy (non-hydrogen) atoms. The van der Waals surface area contributed by atoms with Gasteiger partial charge >= 0.3 is 5.84 Å². The highest BCUT2D eigenvalue weighted by Gasteiger charge is 2.16. The molecule has 6 aromatic carbocycles. The average Bonchev–Trinajstić information content (AvgIpc) is 3.82. The molecule has 0 fully saturated rings. The molecule has 0 amide bonds. The van der Waals surface area contributed by atoms with E-state index < -0.39 is 0 Å². The van der Waals surface area contributed by atoms with Crippen LogP contribution in [0.1, 0.15) is 0 Å². The highest BCUT2D eigenvalue weighted by atomic mass is 16.4. The van der Waals surface area contributed by atoms with E-state index in [0.29, 0.717) is 5.84 Å². The third-order valence-corrected chi connectivity index (χ3v) is 8.92. The summed E-state index contributed by atoms with van der Waals surface area (Å²) >= 11 is 0. The molecule has 0 aliphatic carbocycles. The third-order valence-electron chi connectivity index (χ3n) is 8.92. The van der Waals surface area contributed by atoms with Crippen LogP contribution in [0.25, 0.3) is 83.2 Å². The smallest absolute Gasteiger partial charge is 0.307 e. The van der Waals surface area contributed by atoms with Crippen molar-refractivity contribution in [3.63, 3.8) is 0 Å². The molecule has 5 heteroatoms. The van der Waals surface area contributed by atoms with Crippen LogP contribution in [0.3, 0.4) is 0 Å². The fourth-order valence-electron chi connectivity index (χ4n) is 6.95. The monoisotopic (exact) mass is 564 g/mol. The minimum absolute atomic E-state index is 0.584. The lowest BCUT2D eigenvalue weighted by Gasteiger charge is -2.08. The van der Waals surface area contributed by atoms with Gasteiger partial charge < -0.3 is 13.6 Å². The second-order valence-corrected chi connectivity index (χ2v) is 11.3. The Morgan fingerprint density at radius 1 is 0.455 bits per heavy atom. The molecule has 0 N–H and O–H groups in total. The van der Waals surface area contributed by atoms with Crippen molar-refractivity contribution < 1.29 is 4.42 Å². The van der Waals surface area contributed by atoms with Crippen LogP contribution in [0.5, 0.6) is 0 Å². The lowest BCUT2D eigenvalue weighted by molar-refractivity contribution is 0.642. The quantitative estimate of drug-likeness (QED) is 0.214. The fraction of sp³-hybridized carbons (Fsp3) is 0. The highest BCUT2D eigenvalue weighted by Crippen LogP contribution is 2.35. The van der Waals surface area contributed by atoms with Crippen LogP contribution in [0.15, 0.2) is 150 Å². The number of aromatic nitrogens is 4. The van der Waals surface area contributed by atoms with Crippen LogP contribution in [0.4, 0.5) is 0 Å². The number of hydrogen-bond acceptors (Lipinski definition) is 2. The third kappa shape index (κ3) is 3.21. The van der Waals surface area contributed by atoms with Gasteiger partial charge in [0, 0.05) is 45.1 Å². The number of nitrogens with zero attached hydrogens (tertiary/aromatic N) is 4. The molecule has 5 nitrogen and oxygen atoms in total. The van der Waals surface area contributed by atoms with Crippen molar-refractivity contribution in [1.82, 2.24) is 18.5 Å². The molecule has 0 atom stereocenters. The molecular weight excluding hydrogens is 540 g/mol. The number of benzene rings is 6. The van der Waals surface area contributed by atoms with E-state index in [1.54, 1.807) is 0 Å². The van der Waals surface area contributed by atoms with Gasteiger partial charge in [-0.3, -0.25) is 4.40 Å². The summed E-state index contributed by atoms with van der Waals surface area (Å²) < 4.78 is 13.0. The van der Waals surface area contributed by atoms with Crippen molar-refractivity contribution >= 4 is 60.6 Å². The zero-order valence-corrected chi connectivity index (χ0v) is 23.6. The molecule has 0 radical (unpaired) electrons. The Balaban J connectivity index is 1.05. The van der Waals surface area contributed by atoms with Crippen LogP contribution in [-0.4, -0.2) is 18.5 Å². The maximum atomic E-state index is 6.33. The second-order valence-electron chi connectivity index (χ2n) is 11.3. The maximum Gasteiger partial charge on any atom is 0.307 e. The molecule has 10 aromatic rings. The predicted molar refractivity (Wildman–Crippen MR) is 179 cm³/mol. The lowest BCUT2D eigenvalue weighted by atomic mass is 10.1. The van der Waals surface area contributed by atoms with Crippen molar-refractivity contribution in [1.29, 1.82) is 0 Å². The highest BCUT2D eigenvalue weighted by molar-refractivity contribution is 6.10. The van der Waals surface area contributed by atoms with Crippen LogP contribution >= 0.6 is 0 Å². The molecule has 0 saturated heterocycles. The minimum Gasteiger partial charge on any atom is -0.423 e. The van der Waals surface area contributed by atoms with E-state index in [-0.39, 0.29) is 0 Å². The van der Waals surface area contributed by atoms with Crippen molar-refractivity contribution in [2.75, 3.05) is 0 Å². The first kappa shape index (κ1) is 23.5. The van der Waals surface area contributed by atoms with E-state index in [4.69, 9.17) is 9.40 Å². The lowest BCUT2D eigenvalue weighted by Crippen LogP contribution is -1.93. The van der Waals surface area contributed by atoms with Gasteiger partial charge in [0.05, 0.1) is 39.0 Å². The molecule has 0 unspecified atom stereocenters. The van der Waals surface area contributed by atoms with E-state index in [0.717, 1.165) is 33.7 Å². The van der Waals surface area contributed by atoms with E-state index in [9.17, 15) is 0 Å². The molecule has 4 aromatic heterocycles. The first-order valence-corrected chi connectivity index (χ1v) is 14.8. The molecule has 0 saturated carbocycles. The number of hydrogen-bond donors (Lipinski definition) is 0. The van der Waals surface area contributed by atoms with Crippen LogP contribution < -0.4 is 0 Å². The topological polar surface area (TPSA) is 40.3 Å². The van der Waals surface area contributed by atoms with Gasteiger partial charge in [-0.05, 0) is 48.5 Å². The average molecular weight is 565 g/mol. The zero-order valence-electron chi connectivity index (χ0n) is 23.6. The number of imidazole rings is 1. The van der Waals surface area contributed by atoms with Gasteiger partial charge in [-0.15, -0.1) is 0 Å². The van der Waals surface area contributed by atoms with Crippen molar-refractivity contribution in [2.45, 2.75) is 0 Å². The van der Waals surface area contributed by atoms with Crippen molar-refractivity contribution in [3.8, 4) is 22.6 Å². The summed E-state index contributed by atoms with van der Waals surface area (Å²) in [5, 5.41) is 5.00. The van der Waals surface area contributed by atoms with Gasteiger partial charge in [-0.25, -0.2) is 0 Å². The normalized spacial score (nSPS) is 12.1. The Hall–Kier alpha value is -6.07. The Morgan fingerprint density at radius 2 is 0.932 bits per heavy atom. The Kier molecular flexibility index (Phi) is 4.66. The summed E-state index contributed by atoms with van der Waals surface area (Å²) in [4.78, 5) is 4.89. The Labute approximate surface area is 251 Å². The number of rotatable bonds is 3. The van der Waals surface area contributed by atoms with E-state index in [1.807, 2.05) is 4.40 Å². The number of oxazole rings is 1. The van der Waals surface area contributed by atoms with E-state index in [1.165, 1.54) is 43.6 Å². The van der Waals surface area contributed by atoms with Crippen LogP contribution in [0, 0.1) is 0 Å². The summed E-state index contributed by atoms with van der Waals surface area (Å²) in [6, 6.07) is 49.3. The zero-order chi connectivity index (χ0) is 28.8. The van der Waals surface area contributed by atoms with Crippen molar-refractivity contribution in [2.24, 2.45) is 0 Å². The van der Waals surface area contributed by atoms with Gasteiger partial charge in [-0.1, -0.05) is 84.9 Å². The van der Waals surface area contributed by atoms with Gasteiger partial charge in [0.15, 0.2) is 5.58 Å². The van der Waals surface area contributed by atoms with Gasteiger partial charge in [0.25, 0.3) is 0 Å². The molecule has 206 valence electrons. The molecule has 10 rings (SSSR count). The molecule has 0 bridgehead atoms. The summed E-state index contributed by atoms with van der Waals surface area (Å²) in [5.41, 5.74) is 10.7. The number of para-hydroxylation sites is 4. The van der Waals surface area contributed by atoms with Crippen LogP contribution in [-0.2, 0) is 0 Å². The first-order chi connectivity index (χ1) is 21.8. The van der Waals surface area contributed by atoms with Gasteiger partial charge in [0.1, 0.15) is 0 Å². The first-order valence-electron chi connectivity index (χ1n) is 14.8. The van der Waals surface area contributed by atoms with Crippen molar-refractivity contribution in [3.05, 3.63) is 146 Å². The standard InChI is InChI=1S/C39H24N4O/c1-5-13-33-28(9-1)29-10-2-6-14-34(29)42(33)26-19-17-25(18-20-26)32-24-41-37-22-21-27(23-38(37)44-39(41)40-32)43-35-15-7-3-11-30(35)31-12-4-8-16-36(31)43/h1-24H. The molecule has 0 aliphatic heterocycles. The number of fused-ring (bicyclic) bond motifs is 9. The summed E-state index contributed by atoms with van der Waals surface area (Å²) in [6.45, 7) is 0. The summed E-state index contributed by atoms with van der Waals surface area (Å²) in [5.74, 6) is 0.584. The SMILES string of the molecule is c1ccc2c(c1)c1ccccc1n2-c1ccc(-c2cn3c(n2)oc2cc(-n4c5ccccc5c5ccccc54)ccc23)cc1. The predicted octanol–water partition coefficient (Wildman–Crippen LogP) is 9.94. The molecular formula is C39H24N4O.